The van der Waals surface area contributed by atoms with Gasteiger partial charge in [-0.1, -0.05) is 12.2 Å². The lowest BCUT2D eigenvalue weighted by Crippen LogP contribution is -2.04. The third-order valence-corrected chi connectivity index (χ3v) is 1.45. The van der Waals surface area contributed by atoms with Gasteiger partial charge >= 0.3 is 0 Å². The molecule has 1 heterocycles. The van der Waals surface area contributed by atoms with Crippen molar-refractivity contribution in [2.24, 2.45) is 0 Å². The van der Waals surface area contributed by atoms with Crippen LogP contribution in [0.15, 0.2) is 35.8 Å². The summed E-state index contributed by atoms with van der Waals surface area (Å²) < 4.78 is 0. The Balaban J connectivity index is 2.37. The second-order valence-electron chi connectivity index (χ2n) is 2.08. The summed E-state index contributed by atoms with van der Waals surface area (Å²) in [7, 11) is 0. The fraction of sp³-hybridized carbons (Fsp3) is 0.143. The minimum atomic E-state index is 0.985. The molecule has 1 N–H and O–H groups in total. The van der Waals surface area contributed by atoms with Crippen molar-refractivity contribution in [3.05, 3.63) is 35.8 Å². The highest BCUT2D eigenvalue weighted by Crippen LogP contribution is 2.20. The van der Waals surface area contributed by atoms with Crippen LogP contribution in [0.25, 0.3) is 0 Å². The Bertz CT molecular complexity index is 213. The molecule has 46 valence electrons. The van der Waals surface area contributed by atoms with Crippen molar-refractivity contribution in [1.29, 1.82) is 0 Å². The molecule has 0 aromatic carbocycles. The molecular formula is C7H7NO. The van der Waals surface area contributed by atoms with Gasteiger partial charge in [-0.15, -0.1) is 0 Å². The monoisotopic (exact) mass is 121 g/mol. The third-order valence-electron chi connectivity index (χ3n) is 1.45. The fourth-order valence-electron chi connectivity index (χ4n) is 0.952. The van der Waals surface area contributed by atoms with Gasteiger partial charge < -0.3 is 4.84 Å². The number of nitrogens with one attached hydrogen (secondary N) is 1. The first kappa shape index (κ1) is 4.68. The Kier molecular flexibility index (Phi) is 0.859. The van der Waals surface area contributed by atoms with Gasteiger partial charge in [0.15, 0.2) is 0 Å². The van der Waals surface area contributed by atoms with Gasteiger partial charge in [-0.25, -0.2) is 5.48 Å². The Morgan fingerprint density at radius 1 is 1.56 bits per heavy atom. The van der Waals surface area contributed by atoms with E-state index in [2.05, 4.69) is 11.6 Å². The molecule has 0 radical (unpaired) electrons. The zero-order valence-corrected chi connectivity index (χ0v) is 4.92. The molecular weight excluding hydrogens is 114 g/mol. The van der Waals surface area contributed by atoms with Crippen molar-refractivity contribution in [2.45, 2.75) is 6.42 Å². The van der Waals surface area contributed by atoms with Crippen LogP contribution >= 0.6 is 0 Å². The van der Waals surface area contributed by atoms with Gasteiger partial charge in [0.25, 0.3) is 0 Å². The average molecular weight is 121 g/mol. The van der Waals surface area contributed by atoms with E-state index in [1.165, 1.54) is 5.57 Å². The van der Waals surface area contributed by atoms with Crippen LogP contribution in [0.5, 0.6) is 0 Å². The maximum atomic E-state index is 4.87. The highest BCUT2D eigenvalue weighted by atomic mass is 16.6. The molecule has 2 aliphatic rings. The Morgan fingerprint density at radius 3 is 3.44 bits per heavy atom. The zero-order chi connectivity index (χ0) is 6.10. The normalized spacial score (nSPS) is 21.3. The summed E-state index contributed by atoms with van der Waals surface area (Å²) in [5.74, 6) is 0. The van der Waals surface area contributed by atoms with Crippen LogP contribution in [0.1, 0.15) is 6.42 Å². The van der Waals surface area contributed by atoms with Crippen LogP contribution in [0.3, 0.4) is 0 Å². The SMILES string of the molecule is C1=CCC2=CONC2=C1. The molecule has 1 aliphatic heterocycles. The second kappa shape index (κ2) is 1.65. The van der Waals surface area contributed by atoms with Gasteiger partial charge in [0.2, 0.25) is 0 Å². The van der Waals surface area contributed by atoms with Crippen LogP contribution in [-0.2, 0) is 4.84 Å². The predicted molar refractivity (Wildman–Crippen MR) is 34.1 cm³/mol. The standard InChI is InChI=1S/C7H7NO/c1-2-4-7-6(3-1)5-9-8-7/h1-2,4-5,8H,3H2. The quantitative estimate of drug-likeness (QED) is 0.520. The lowest BCUT2D eigenvalue weighted by Gasteiger charge is -2.02. The summed E-state index contributed by atoms with van der Waals surface area (Å²) in [6.45, 7) is 0. The lowest BCUT2D eigenvalue weighted by molar-refractivity contribution is 0.186. The molecule has 0 bridgehead atoms. The second-order valence-corrected chi connectivity index (χ2v) is 2.08. The molecule has 0 saturated carbocycles. The number of hydroxylamine groups is 1. The van der Waals surface area contributed by atoms with E-state index in [-0.39, 0.29) is 0 Å². The molecule has 9 heavy (non-hydrogen) atoms. The molecule has 2 rings (SSSR count). The van der Waals surface area contributed by atoms with Gasteiger partial charge in [0.1, 0.15) is 6.26 Å². The van der Waals surface area contributed by atoms with Crippen LogP contribution in [0.4, 0.5) is 0 Å². The molecule has 0 aromatic rings. The molecule has 0 atom stereocenters. The molecule has 0 unspecified atom stereocenters. The van der Waals surface area contributed by atoms with Crippen molar-refractivity contribution in [3.8, 4) is 0 Å². The largest absolute Gasteiger partial charge is 0.390 e. The molecule has 2 nitrogen and oxygen atoms in total. The van der Waals surface area contributed by atoms with Gasteiger partial charge in [0.05, 0.1) is 5.70 Å². The molecule has 0 aromatic heterocycles. The first-order chi connectivity index (χ1) is 4.47. The molecule has 0 amide bonds. The van der Waals surface area contributed by atoms with E-state index in [9.17, 15) is 0 Å². The van der Waals surface area contributed by atoms with Gasteiger partial charge in [-0.05, 0) is 12.5 Å². The van der Waals surface area contributed by atoms with Crippen LogP contribution < -0.4 is 5.48 Å². The van der Waals surface area contributed by atoms with Crippen molar-refractivity contribution in [3.63, 3.8) is 0 Å². The maximum Gasteiger partial charge on any atom is 0.124 e. The maximum absolute atomic E-state index is 4.87. The Hall–Kier alpha value is -1.18. The smallest absolute Gasteiger partial charge is 0.124 e. The van der Waals surface area contributed by atoms with Crippen LogP contribution in [0, 0.1) is 0 Å². The highest BCUT2D eigenvalue weighted by molar-refractivity contribution is 5.38. The topological polar surface area (TPSA) is 21.3 Å². The molecule has 0 fully saturated rings. The van der Waals surface area contributed by atoms with Crippen molar-refractivity contribution >= 4 is 0 Å². The summed E-state index contributed by atoms with van der Waals surface area (Å²) in [6.07, 6.45) is 8.86. The first-order valence-corrected chi connectivity index (χ1v) is 2.95. The number of allylic oxidation sites excluding steroid dienone is 4. The minimum absolute atomic E-state index is 0.985. The zero-order valence-electron chi connectivity index (χ0n) is 4.92. The van der Waals surface area contributed by atoms with E-state index in [0.29, 0.717) is 0 Å². The summed E-state index contributed by atoms with van der Waals surface area (Å²) in [4.78, 5) is 4.87. The van der Waals surface area contributed by atoms with Crippen LogP contribution in [0.2, 0.25) is 0 Å². The number of hydrogen-bond donors (Lipinski definition) is 1. The summed E-state index contributed by atoms with van der Waals surface area (Å²) >= 11 is 0. The number of fused-ring (bicyclic) bond motifs is 1. The average Bonchev–Trinajstić information content (AvgIpc) is 2.33. The van der Waals surface area contributed by atoms with E-state index in [0.717, 1.165) is 12.1 Å². The molecule has 2 heteroatoms. The van der Waals surface area contributed by atoms with Crippen molar-refractivity contribution in [2.75, 3.05) is 0 Å². The first-order valence-electron chi connectivity index (χ1n) is 2.95. The van der Waals surface area contributed by atoms with Gasteiger partial charge in [0, 0.05) is 5.57 Å². The van der Waals surface area contributed by atoms with Crippen LogP contribution in [-0.4, -0.2) is 0 Å². The molecule has 1 aliphatic carbocycles. The number of rotatable bonds is 0. The van der Waals surface area contributed by atoms with Gasteiger partial charge in [-0.2, -0.15) is 0 Å². The van der Waals surface area contributed by atoms with Crippen molar-refractivity contribution < 1.29 is 4.84 Å². The summed E-state index contributed by atoms with van der Waals surface area (Å²) in [6, 6.07) is 0. The third kappa shape index (κ3) is 0.633. The van der Waals surface area contributed by atoms with E-state index in [1.54, 1.807) is 6.26 Å². The summed E-state index contributed by atoms with van der Waals surface area (Å²) in [5, 5.41) is 0. The fourth-order valence-corrected chi connectivity index (χ4v) is 0.952. The number of hydrogen-bond acceptors (Lipinski definition) is 2. The molecule has 0 saturated heterocycles. The Morgan fingerprint density at radius 2 is 2.56 bits per heavy atom. The summed E-state index contributed by atoms with van der Waals surface area (Å²) in [5.41, 5.74) is 5.10. The lowest BCUT2D eigenvalue weighted by atomic mass is 10.1. The van der Waals surface area contributed by atoms with E-state index in [4.69, 9.17) is 4.84 Å². The van der Waals surface area contributed by atoms with E-state index >= 15 is 0 Å². The van der Waals surface area contributed by atoms with Crippen molar-refractivity contribution in [1.82, 2.24) is 5.48 Å². The molecule has 0 spiro atoms. The van der Waals surface area contributed by atoms with Gasteiger partial charge in [-0.3, -0.25) is 0 Å². The minimum Gasteiger partial charge on any atom is -0.390 e. The van der Waals surface area contributed by atoms with E-state index < -0.39 is 0 Å². The predicted octanol–water partition coefficient (Wildman–Crippen LogP) is 1.25. The highest BCUT2D eigenvalue weighted by Gasteiger charge is 2.11. The van der Waals surface area contributed by atoms with E-state index in [1.807, 2.05) is 12.2 Å². The Labute approximate surface area is 53.5 Å².